The summed E-state index contributed by atoms with van der Waals surface area (Å²) in [6.45, 7) is 0.532. The molecule has 2 N–H and O–H groups in total. The number of rotatable bonds is 2. The van der Waals surface area contributed by atoms with Crippen molar-refractivity contribution in [3.8, 4) is 0 Å². The highest BCUT2D eigenvalue weighted by atomic mass is 79.9. The molecule has 0 atom stereocenters. The highest BCUT2D eigenvalue weighted by Crippen LogP contribution is 2.28. The number of anilines is 1. The van der Waals surface area contributed by atoms with Gasteiger partial charge in [-0.1, -0.05) is 4.47 Å². The van der Waals surface area contributed by atoms with Gasteiger partial charge in [0, 0.05) is 16.7 Å². The molecule has 1 aliphatic rings. The zero-order valence-electron chi connectivity index (χ0n) is 9.40. The van der Waals surface area contributed by atoms with Gasteiger partial charge in [-0.15, -0.1) is 0 Å². The average molecular weight is 339 g/mol. The molecule has 0 saturated carbocycles. The Morgan fingerprint density at radius 3 is 2.72 bits per heavy atom. The van der Waals surface area contributed by atoms with Crippen molar-refractivity contribution in [2.75, 3.05) is 18.9 Å². The second-order valence-electron chi connectivity index (χ2n) is 3.88. The topological polar surface area (TPSA) is 72.6 Å². The van der Waals surface area contributed by atoms with Gasteiger partial charge >= 0.3 is 0 Å². The summed E-state index contributed by atoms with van der Waals surface area (Å²) in [5, 5.41) is 0. The standard InChI is InChI=1S/C10H12BrFN2O3S/c11-7-5-8(12)10(6-9(7)13)18(15,16)14-3-1-2-4-17-14/h5-6H,1-4,13H2. The van der Waals surface area contributed by atoms with Gasteiger partial charge in [-0.25, -0.2) is 12.8 Å². The Bertz CT molecular complexity index is 558. The number of nitrogen functional groups attached to an aromatic ring is 1. The number of nitrogens with zero attached hydrogens (tertiary/aromatic N) is 1. The molecule has 1 saturated heterocycles. The maximum atomic E-state index is 13.7. The maximum absolute atomic E-state index is 13.7. The third-order valence-electron chi connectivity index (χ3n) is 2.57. The summed E-state index contributed by atoms with van der Waals surface area (Å²) in [7, 11) is -4.00. The van der Waals surface area contributed by atoms with Gasteiger partial charge in [-0.2, -0.15) is 0 Å². The van der Waals surface area contributed by atoms with Crippen LogP contribution in [0.3, 0.4) is 0 Å². The van der Waals surface area contributed by atoms with Crippen molar-refractivity contribution >= 4 is 31.6 Å². The SMILES string of the molecule is Nc1cc(S(=O)(=O)N2CCCCO2)c(F)cc1Br. The van der Waals surface area contributed by atoms with Crippen LogP contribution in [0.4, 0.5) is 10.1 Å². The molecule has 1 fully saturated rings. The van der Waals surface area contributed by atoms with E-state index < -0.39 is 20.7 Å². The number of nitrogens with two attached hydrogens (primary N) is 1. The highest BCUT2D eigenvalue weighted by molar-refractivity contribution is 9.10. The van der Waals surface area contributed by atoms with Crippen LogP contribution in [-0.2, 0) is 14.9 Å². The lowest BCUT2D eigenvalue weighted by atomic mass is 10.3. The Morgan fingerprint density at radius 1 is 1.39 bits per heavy atom. The number of sulfonamides is 1. The summed E-state index contributed by atoms with van der Waals surface area (Å²) in [5.41, 5.74) is 5.74. The van der Waals surface area contributed by atoms with Crippen molar-refractivity contribution in [3.05, 3.63) is 22.4 Å². The summed E-state index contributed by atoms with van der Waals surface area (Å²) >= 11 is 3.04. The summed E-state index contributed by atoms with van der Waals surface area (Å²) in [4.78, 5) is 4.58. The molecular formula is C10H12BrFN2O3S. The molecule has 2 rings (SSSR count). The van der Waals surface area contributed by atoms with Crippen LogP contribution in [0.5, 0.6) is 0 Å². The number of hydrogen-bond donors (Lipinski definition) is 1. The molecule has 0 amide bonds. The Kier molecular flexibility index (Phi) is 3.90. The molecule has 0 spiro atoms. The van der Waals surface area contributed by atoms with E-state index in [0.29, 0.717) is 17.5 Å². The van der Waals surface area contributed by atoms with Crippen LogP contribution in [0.25, 0.3) is 0 Å². The zero-order valence-corrected chi connectivity index (χ0v) is 11.8. The van der Waals surface area contributed by atoms with Crippen LogP contribution < -0.4 is 5.73 Å². The lowest BCUT2D eigenvalue weighted by Crippen LogP contribution is -2.36. The van der Waals surface area contributed by atoms with Crippen LogP contribution in [0.15, 0.2) is 21.5 Å². The van der Waals surface area contributed by atoms with E-state index in [1.54, 1.807) is 0 Å². The predicted octanol–water partition coefficient (Wildman–Crippen LogP) is 1.89. The molecular weight excluding hydrogens is 327 g/mol. The second-order valence-corrected chi connectivity index (χ2v) is 6.53. The minimum absolute atomic E-state index is 0.159. The van der Waals surface area contributed by atoms with Crippen molar-refractivity contribution in [1.29, 1.82) is 0 Å². The van der Waals surface area contributed by atoms with E-state index in [4.69, 9.17) is 10.6 Å². The lowest BCUT2D eigenvalue weighted by molar-refractivity contribution is -0.109. The Hall–Kier alpha value is -0.700. The first kappa shape index (κ1) is 13.7. The first-order chi connectivity index (χ1) is 8.43. The minimum atomic E-state index is -4.00. The molecule has 8 heteroatoms. The van der Waals surface area contributed by atoms with Crippen LogP contribution in [0.1, 0.15) is 12.8 Å². The third-order valence-corrected chi connectivity index (χ3v) is 4.95. The van der Waals surface area contributed by atoms with E-state index in [1.165, 1.54) is 0 Å². The first-order valence-corrected chi connectivity index (χ1v) is 7.56. The molecule has 0 aromatic heterocycles. The van der Waals surface area contributed by atoms with Crippen molar-refractivity contribution < 1.29 is 17.6 Å². The molecule has 1 heterocycles. The number of halogens is 2. The fourth-order valence-electron chi connectivity index (χ4n) is 1.62. The van der Waals surface area contributed by atoms with Gasteiger partial charge < -0.3 is 5.73 Å². The van der Waals surface area contributed by atoms with Gasteiger partial charge in [0.15, 0.2) is 0 Å². The van der Waals surface area contributed by atoms with E-state index in [2.05, 4.69) is 15.9 Å². The Balaban J connectivity index is 2.43. The van der Waals surface area contributed by atoms with Gasteiger partial charge in [-0.3, -0.25) is 4.84 Å². The number of benzene rings is 1. The average Bonchev–Trinajstić information content (AvgIpc) is 2.34. The minimum Gasteiger partial charge on any atom is -0.398 e. The molecule has 5 nitrogen and oxygen atoms in total. The summed E-state index contributed by atoms with van der Waals surface area (Å²) < 4.78 is 39.2. The van der Waals surface area contributed by atoms with Crippen LogP contribution in [0, 0.1) is 5.82 Å². The van der Waals surface area contributed by atoms with Crippen molar-refractivity contribution in [2.24, 2.45) is 0 Å². The van der Waals surface area contributed by atoms with Crippen LogP contribution in [-0.4, -0.2) is 26.0 Å². The van der Waals surface area contributed by atoms with Gasteiger partial charge in [0.2, 0.25) is 0 Å². The van der Waals surface area contributed by atoms with E-state index in [9.17, 15) is 12.8 Å². The smallest absolute Gasteiger partial charge is 0.267 e. The molecule has 1 aliphatic heterocycles. The van der Waals surface area contributed by atoms with E-state index >= 15 is 0 Å². The third kappa shape index (κ3) is 2.51. The Labute approximate surface area is 113 Å². The normalized spacial score (nSPS) is 17.9. The first-order valence-electron chi connectivity index (χ1n) is 5.33. The fourth-order valence-corrected chi connectivity index (χ4v) is 3.31. The number of hydroxylamine groups is 1. The van der Waals surface area contributed by atoms with Gasteiger partial charge in [-0.05, 0) is 40.9 Å². The summed E-state index contributed by atoms with van der Waals surface area (Å²) in [5.74, 6) is -0.856. The highest BCUT2D eigenvalue weighted by Gasteiger charge is 2.30. The lowest BCUT2D eigenvalue weighted by Gasteiger charge is -2.25. The van der Waals surface area contributed by atoms with Crippen LogP contribution >= 0.6 is 15.9 Å². The molecule has 0 radical (unpaired) electrons. The molecule has 18 heavy (non-hydrogen) atoms. The van der Waals surface area contributed by atoms with Crippen LogP contribution in [0.2, 0.25) is 0 Å². The van der Waals surface area contributed by atoms with Crippen molar-refractivity contribution in [1.82, 2.24) is 4.47 Å². The monoisotopic (exact) mass is 338 g/mol. The summed E-state index contributed by atoms with van der Waals surface area (Å²) in [6, 6.07) is 2.12. The van der Waals surface area contributed by atoms with Gasteiger partial charge in [0.1, 0.15) is 10.7 Å². The van der Waals surface area contributed by atoms with Crippen molar-refractivity contribution in [3.63, 3.8) is 0 Å². The maximum Gasteiger partial charge on any atom is 0.267 e. The molecule has 0 bridgehead atoms. The molecule has 1 aromatic carbocycles. The number of hydrogen-bond acceptors (Lipinski definition) is 4. The predicted molar refractivity (Wildman–Crippen MR) is 67.6 cm³/mol. The second kappa shape index (κ2) is 5.12. The van der Waals surface area contributed by atoms with Gasteiger partial charge in [0.25, 0.3) is 10.0 Å². The van der Waals surface area contributed by atoms with E-state index in [-0.39, 0.29) is 12.2 Å². The molecule has 0 unspecified atom stereocenters. The van der Waals surface area contributed by atoms with Crippen molar-refractivity contribution in [2.45, 2.75) is 17.7 Å². The summed E-state index contributed by atoms with van der Waals surface area (Å²) in [6.07, 6.45) is 1.48. The van der Waals surface area contributed by atoms with Gasteiger partial charge in [0.05, 0.1) is 6.61 Å². The molecule has 1 aromatic rings. The Morgan fingerprint density at radius 2 is 2.11 bits per heavy atom. The zero-order chi connectivity index (χ0) is 13.3. The fraction of sp³-hybridized carbons (Fsp3) is 0.400. The van der Waals surface area contributed by atoms with E-state index in [0.717, 1.165) is 23.0 Å². The quantitative estimate of drug-likeness (QED) is 0.835. The molecule has 100 valence electrons. The largest absolute Gasteiger partial charge is 0.398 e. The van der Waals surface area contributed by atoms with E-state index in [1.807, 2.05) is 0 Å². The molecule has 0 aliphatic carbocycles.